The molecule has 2 saturated heterocycles. The van der Waals surface area contributed by atoms with Crippen molar-refractivity contribution in [1.29, 1.82) is 0 Å². The van der Waals surface area contributed by atoms with Gasteiger partial charge in [-0.15, -0.1) is 0 Å². The molecule has 2 aliphatic rings. The van der Waals surface area contributed by atoms with E-state index in [1.807, 2.05) is 6.07 Å². The zero-order valence-corrected chi connectivity index (χ0v) is 23.8. The van der Waals surface area contributed by atoms with E-state index < -0.39 is 30.5 Å². The third kappa shape index (κ3) is 7.16. The van der Waals surface area contributed by atoms with Gasteiger partial charge in [0.25, 0.3) is 0 Å². The molecule has 2 aliphatic heterocycles. The Balaban J connectivity index is 1.57. The highest BCUT2D eigenvalue weighted by Crippen LogP contribution is 2.36. The lowest BCUT2D eigenvalue weighted by Gasteiger charge is -2.30. The monoisotopic (exact) mass is 670 g/mol. The number of aryl methyl sites for hydroxylation is 1. The van der Waals surface area contributed by atoms with Crippen molar-refractivity contribution < 1.29 is 36.4 Å². The number of likely N-dealkylation sites (tertiary alicyclic amines) is 1. The number of rotatable bonds is 8. The number of aromatic nitrogens is 1. The summed E-state index contributed by atoms with van der Waals surface area (Å²) in [4.78, 5) is 20.3. The minimum Gasteiger partial charge on any atom is -0.474 e. The molecule has 3 heterocycles. The smallest absolute Gasteiger partial charge is 0.393 e. The minimum atomic E-state index is -4.37. The normalized spacial score (nSPS) is 18.4. The Hall–Kier alpha value is -1.96. The number of nitrogens with zero attached hydrogens (tertiary/aromatic N) is 3. The first-order valence-electron chi connectivity index (χ1n) is 12.0. The van der Waals surface area contributed by atoms with Crippen LogP contribution in [0.15, 0.2) is 24.4 Å². The van der Waals surface area contributed by atoms with Crippen LogP contribution >= 0.6 is 28.5 Å². The van der Waals surface area contributed by atoms with Crippen molar-refractivity contribution in [3.8, 4) is 17.0 Å². The summed E-state index contributed by atoms with van der Waals surface area (Å²) in [6.45, 7) is 4.72. The van der Waals surface area contributed by atoms with Gasteiger partial charge in [0.2, 0.25) is 5.88 Å². The number of carbonyl (C=O) groups excluding carboxylic acids is 1. The fourth-order valence-corrected chi connectivity index (χ4v) is 5.26. The molecule has 2 aromatic rings. The molecule has 208 valence electrons. The summed E-state index contributed by atoms with van der Waals surface area (Å²) < 4.78 is 70.6. The van der Waals surface area contributed by atoms with Crippen LogP contribution in [0.1, 0.15) is 12.0 Å². The Kier molecular flexibility index (Phi) is 9.88. The van der Waals surface area contributed by atoms with Gasteiger partial charge < -0.3 is 29.1 Å². The molecule has 1 N–H and O–H groups in total. The van der Waals surface area contributed by atoms with Crippen molar-refractivity contribution in [3.05, 3.63) is 35.8 Å². The Morgan fingerprint density at radius 3 is 2.68 bits per heavy atom. The second-order valence-electron chi connectivity index (χ2n) is 8.97. The number of benzene rings is 1. The van der Waals surface area contributed by atoms with Crippen LogP contribution < -0.4 is 15.0 Å². The first-order chi connectivity index (χ1) is 18.2. The van der Waals surface area contributed by atoms with Gasteiger partial charge in [0.05, 0.1) is 37.9 Å². The first-order valence-corrected chi connectivity index (χ1v) is 16.1. The Morgan fingerprint density at radius 1 is 1.24 bits per heavy atom. The van der Waals surface area contributed by atoms with Crippen LogP contribution in [-0.2, 0) is 9.26 Å². The predicted molar refractivity (Wildman–Crippen MR) is 146 cm³/mol. The van der Waals surface area contributed by atoms with Crippen LogP contribution in [0.2, 0.25) is 0 Å². The van der Waals surface area contributed by atoms with E-state index in [4.69, 9.17) is 14.0 Å². The molecule has 0 saturated carbocycles. The number of urea groups is 1. The Morgan fingerprint density at radius 2 is 2.00 bits per heavy atom. The van der Waals surface area contributed by atoms with Crippen LogP contribution in [0.5, 0.6) is 5.88 Å². The van der Waals surface area contributed by atoms with E-state index in [0.29, 0.717) is 68.5 Å². The van der Waals surface area contributed by atoms with E-state index in [1.165, 1.54) is 12.1 Å². The Bertz CT molecular complexity index is 1140. The van der Waals surface area contributed by atoms with Crippen molar-refractivity contribution in [2.75, 3.05) is 62.8 Å². The van der Waals surface area contributed by atoms with Crippen molar-refractivity contribution in [2.45, 2.75) is 19.5 Å². The molecule has 2 unspecified atom stereocenters. The van der Waals surface area contributed by atoms with Crippen molar-refractivity contribution in [1.82, 2.24) is 9.88 Å². The third-order valence-corrected chi connectivity index (χ3v) is 7.72. The lowest BCUT2D eigenvalue weighted by molar-refractivity contribution is -0.169. The topological polar surface area (TPSA) is 76.2 Å². The zero-order valence-electron chi connectivity index (χ0n) is 20.6. The van der Waals surface area contributed by atoms with E-state index >= 15 is 0 Å². The fourth-order valence-electron chi connectivity index (χ4n) is 4.43. The second-order valence-corrected chi connectivity index (χ2v) is 10.7. The molecule has 2 atom stereocenters. The summed E-state index contributed by atoms with van der Waals surface area (Å²) in [6, 6.07) is 3.90. The van der Waals surface area contributed by atoms with Crippen LogP contribution in [0.25, 0.3) is 11.1 Å². The molecule has 0 aliphatic carbocycles. The highest BCUT2D eigenvalue weighted by molar-refractivity contribution is 14.2. The summed E-state index contributed by atoms with van der Waals surface area (Å²) in [6.07, 6.45) is -2.94. The summed E-state index contributed by atoms with van der Waals surface area (Å²) in [7, 11) is 0. The molecular weight excluding hydrogens is 642 g/mol. The van der Waals surface area contributed by atoms with Crippen LogP contribution in [0.3, 0.4) is 0 Å². The van der Waals surface area contributed by atoms with E-state index in [2.05, 4.69) is 37.2 Å². The van der Waals surface area contributed by atoms with Crippen LogP contribution in [-0.4, -0.2) is 74.7 Å². The van der Waals surface area contributed by atoms with Gasteiger partial charge in [-0.3, -0.25) is 0 Å². The predicted octanol–water partition coefficient (Wildman–Crippen LogP) is 5.79. The summed E-state index contributed by atoms with van der Waals surface area (Å²) in [5.74, 6) is -1.81. The van der Waals surface area contributed by atoms with Gasteiger partial charge in [-0.2, -0.15) is 13.2 Å². The lowest BCUT2D eigenvalue weighted by Crippen LogP contribution is -2.36. The van der Waals surface area contributed by atoms with Crippen molar-refractivity contribution in [2.24, 2.45) is 5.92 Å². The molecule has 1 aromatic heterocycles. The number of pyridine rings is 1. The number of hydrogen-bond donors (Lipinski definition) is 1. The van der Waals surface area contributed by atoms with E-state index in [1.54, 1.807) is 13.1 Å². The van der Waals surface area contributed by atoms with Gasteiger partial charge in [-0.25, -0.2) is 14.2 Å². The van der Waals surface area contributed by atoms with Gasteiger partial charge in [-0.05, 0) is 64.7 Å². The molecule has 2 amide bonds. The molecule has 38 heavy (non-hydrogen) atoms. The molecule has 8 nitrogen and oxygen atoms in total. The number of amides is 2. The number of ether oxygens (including phenoxy) is 2. The van der Waals surface area contributed by atoms with E-state index in [0.717, 1.165) is 10.6 Å². The number of morpholine rings is 1. The largest absolute Gasteiger partial charge is 0.474 e. The fraction of sp³-hybridized carbons (Fsp3) is 0.500. The quantitative estimate of drug-likeness (QED) is 0.166. The summed E-state index contributed by atoms with van der Waals surface area (Å²) in [5.41, 5.74) is 2.55. The van der Waals surface area contributed by atoms with Gasteiger partial charge in [0, 0.05) is 37.9 Å². The SMILES string of the molecule is Cc1cc(F)c(NC(=O)N2CCC(C(F)(F)F)C2)cc1-c1cnc(OCCOPI)c(N2CCOCC2)c1. The lowest BCUT2D eigenvalue weighted by atomic mass is 10.00. The molecule has 14 heteroatoms. The number of carbonyl (C=O) groups is 1. The van der Waals surface area contributed by atoms with Crippen molar-refractivity contribution >= 4 is 45.9 Å². The second kappa shape index (κ2) is 12.9. The third-order valence-electron chi connectivity index (χ3n) is 6.47. The highest BCUT2D eigenvalue weighted by atomic mass is 127. The molecule has 0 radical (unpaired) electrons. The van der Waals surface area contributed by atoms with Gasteiger partial charge in [0.1, 0.15) is 18.1 Å². The number of halogens is 5. The number of alkyl halides is 3. The Labute approximate surface area is 232 Å². The average molecular weight is 670 g/mol. The molecule has 2 fully saturated rings. The molecule has 1 aromatic carbocycles. The first kappa shape index (κ1) is 29.0. The summed E-state index contributed by atoms with van der Waals surface area (Å²) >= 11 is 2.14. The van der Waals surface area contributed by atoms with Gasteiger partial charge in [0.15, 0.2) is 0 Å². The van der Waals surface area contributed by atoms with Crippen LogP contribution in [0, 0.1) is 18.7 Å². The average Bonchev–Trinajstić information content (AvgIpc) is 3.40. The summed E-state index contributed by atoms with van der Waals surface area (Å²) in [5, 5.41) is 2.45. The standard InChI is InChI=1S/C24H28F4IN4O4P/c1-15-10-19(25)20(31-23(34)33-3-2-17(14-33)24(26,27)28)12-18(15)16-11-21(32-4-6-35-7-5-32)22(30-13-16)36-8-9-37-38-29/h10-13,17,38H,2-9,14H2,1H3,(H,31,34). The number of hydrogen-bond acceptors (Lipinski definition) is 6. The maximum Gasteiger partial charge on any atom is 0.393 e. The van der Waals surface area contributed by atoms with E-state index in [-0.39, 0.29) is 18.7 Å². The van der Waals surface area contributed by atoms with Crippen molar-refractivity contribution in [3.63, 3.8) is 0 Å². The molecule has 0 spiro atoms. The maximum atomic E-state index is 14.8. The number of anilines is 2. The number of nitrogens with one attached hydrogen (secondary N) is 1. The van der Waals surface area contributed by atoms with Gasteiger partial charge in [-0.1, -0.05) is 0 Å². The van der Waals surface area contributed by atoms with Gasteiger partial charge >= 0.3 is 12.2 Å². The highest BCUT2D eigenvalue weighted by Gasteiger charge is 2.44. The molecule has 4 rings (SSSR count). The minimum absolute atomic E-state index is 0.0477. The van der Waals surface area contributed by atoms with Crippen LogP contribution in [0.4, 0.5) is 33.7 Å². The van der Waals surface area contributed by atoms with E-state index in [9.17, 15) is 22.4 Å². The zero-order chi connectivity index (χ0) is 27.3. The maximum absolute atomic E-state index is 14.8. The molecular formula is C24H28F4IN4O4P. The molecule has 0 bridgehead atoms.